The molecule has 1 heterocycles. The van der Waals surface area contributed by atoms with Gasteiger partial charge in [-0.05, 0) is 114 Å². The molecule has 0 fully saturated rings. The summed E-state index contributed by atoms with van der Waals surface area (Å²) in [7, 11) is 0. The number of rotatable bonds is 3. The second-order valence-corrected chi connectivity index (χ2v) is 16.9. The lowest BCUT2D eigenvalue weighted by Gasteiger charge is -2.29. The van der Waals surface area contributed by atoms with E-state index >= 15 is 0 Å². The maximum atomic E-state index is 6.73. The van der Waals surface area contributed by atoms with Crippen molar-refractivity contribution in [3.05, 3.63) is 186 Å². The number of furan rings is 1. The van der Waals surface area contributed by atoms with Crippen LogP contribution in [0.25, 0.3) is 76.5 Å². The lowest BCUT2D eigenvalue weighted by Crippen LogP contribution is -2.17. The van der Waals surface area contributed by atoms with Gasteiger partial charge >= 0.3 is 0 Å². The molecular formula is C54H39NO. The van der Waals surface area contributed by atoms with E-state index < -0.39 is 0 Å². The molecule has 0 radical (unpaired) electrons. The Morgan fingerprint density at radius 2 is 0.857 bits per heavy atom. The molecule has 12 rings (SSSR count). The van der Waals surface area contributed by atoms with Crippen LogP contribution in [0.4, 0.5) is 17.1 Å². The van der Waals surface area contributed by atoms with Gasteiger partial charge in [0.25, 0.3) is 0 Å². The third-order valence-electron chi connectivity index (χ3n) is 13.2. The fraction of sp³-hybridized carbons (Fsp3) is 0.111. The van der Waals surface area contributed by atoms with Crippen molar-refractivity contribution < 1.29 is 4.42 Å². The van der Waals surface area contributed by atoms with Gasteiger partial charge in [-0.3, -0.25) is 0 Å². The average molecular weight is 718 g/mol. The first kappa shape index (κ1) is 31.7. The molecule has 0 spiro atoms. The molecule has 2 aliphatic rings. The first-order valence-electron chi connectivity index (χ1n) is 19.8. The minimum atomic E-state index is -0.173. The number of hydrogen-bond acceptors (Lipinski definition) is 2. The molecule has 56 heavy (non-hydrogen) atoms. The summed E-state index contributed by atoms with van der Waals surface area (Å²) in [6.07, 6.45) is 0. The third kappa shape index (κ3) is 4.11. The smallest absolute Gasteiger partial charge is 0.143 e. The van der Waals surface area contributed by atoms with Crippen LogP contribution < -0.4 is 4.90 Å². The molecule has 2 nitrogen and oxygen atoms in total. The Bertz CT molecular complexity index is 3290. The van der Waals surface area contributed by atoms with Gasteiger partial charge in [-0.2, -0.15) is 0 Å². The summed E-state index contributed by atoms with van der Waals surface area (Å²) in [4.78, 5) is 2.48. The van der Waals surface area contributed by atoms with Crippen LogP contribution in [-0.4, -0.2) is 0 Å². The third-order valence-corrected chi connectivity index (χ3v) is 13.2. The number of fused-ring (bicyclic) bond motifs is 16. The summed E-state index contributed by atoms with van der Waals surface area (Å²) in [6.45, 7) is 9.43. The number of anilines is 3. The average Bonchev–Trinajstić information content (AvgIpc) is 3.80. The minimum absolute atomic E-state index is 0.125. The Morgan fingerprint density at radius 3 is 1.62 bits per heavy atom. The summed E-state index contributed by atoms with van der Waals surface area (Å²) in [5.74, 6) is 0. The van der Waals surface area contributed by atoms with E-state index in [4.69, 9.17) is 4.42 Å². The molecule has 2 heteroatoms. The van der Waals surface area contributed by atoms with Crippen LogP contribution in [-0.2, 0) is 10.8 Å². The first-order chi connectivity index (χ1) is 27.3. The molecule has 2 aliphatic carbocycles. The molecule has 0 saturated heterocycles. The Hall–Kier alpha value is -6.64. The highest BCUT2D eigenvalue weighted by Crippen LogP contribution is 2.55. The molecule has 10 aromatic rings. The van der Waals surface area contributed by atoms with Gasteiger partial charge in [-0.15, -0.1) is 0 Å². The fourth-order valence-corrected chi connectivity index (χ4v) is 10.5. The van der Waals surface area contributed by atoms with Crippen molar-refractivity contribution in [2.45, 2.75) is 38.5 Å². The van der Waals surface area contributed by atoms with Gasteiger partial charge in [0.15, 0.2) is 0 Å². The second kappa shape index (κ2) is 11.0. The predicted octanol–water partition coefficient (Wildman–Crippen LogP) is 15.1. The largest absolute Gasteiger partial charge is 0.455 e. The van der Waals surface area contributed by atoms with Crippen molar-refractivity contribution in [1.82, 2.24) is 0 Å². The predicted molar refractivity (Wildman–Crippen MR) is 236 cm³/mol. The summed E-state index contributed by atoms with van der Waals surface area (Å²) >= 11 is 0. The van der Waals surface area contributed by atoms with Gasteiger partial charge in [0, 0.05) is 44.2 Å². The molecule has 0 amide bonds. The molecule has 0 N–H and O–H groups in total. The lowest BCUT2D eigenvalue weighted by atomic mass is 9.82. The van der Waals surface area contributed by atoms with Gasteiger partial charge in [-0.1, -0.05) is 149 Å². The summed E-state index contributed by atoms with van der Waals surface area (Å²) in [5.41, 5.74) is 15.5. The topological polar surface area (TPSA) is 16.4 Å². The summed E-state index contributed by atoms with van der Waals surface area (Å²) in [5, 5.41) is 9.97. The van der Waals surface area contributed by atoms with Crippen molar-refractivity contribution in [1.29, 1.82) is 0 Å². The van der Waals surface area contributed by atoms with Crippen molar-refractivity contribution >= 4 is 71.3 Å². The Balaban J connectivity index is 1.13. The van der Waals surface area contributed by atoms with Crippen molar-refractivity contribution in [3.8, 4) is 22.3 Å². The van der Waals surface area contributed by atoms with Gasteiger partial charge in [0.2, 0.25) is 0 Å². The Morgan fingerprint density at radius 1 is 0.357 bits per heavy atom. The number of benzene rings is 9. The maximum absolute atomic E-state index is 6.73. The van der Waals surface area contributed by atoms with Gasteiger partial charge in [0.1, 0.15) is 11.2 Å². The van der Waals surface area contributed by atoms with E-state index in [-0.39, 0.29) is 10.8 Å². The van der Waals surface area contributed by atoms with Crippen LogP contribution in [0.15, 0.2) is 168 Å². The molecule has 1 aromatic heterocycles. The normalized spacial score (nSPS) is 14.7. The van der Waals surface area contributed by atoms with Crippen LogP contribution in [0, 0.1) is 0 Å². The van der Waals surface area contributed by atoms with E-state index in [0.29, 0.717) is 0 Å². The van der Waals surface area contributed by atoms with Gasteiger partial charge in [-0.25, -0.2) is 0 Å². The van der Waals surface area contributed by atoms with Crippen LogP contribution in [0.2, 0.25) is 0 Å². The van der Waals surface area contributed by atoms with Crippen LogP contribution in [0.1, 0.15) is 49.9 Å². The monoisotopic (exact) mass is 717 g/mol. The highest BCUT2D eigenvalue weighted by atomic mass is 16.3. The molecule has 0 aliphatic heterocycles. The van der Waals surface area contributed by atoms with Crippen LogP contribution in [0.3, 0.4) is 0 Å². The zero-order valence-electron chi connectivity index (χ0n) is 31.9. The summed E-state index contributed by atoms with van der Waals surface area (Å²) < 4.78 is 6.73. The zero-order chi connectivity index (χ0) is 37.5. The molecule has 0 atom stereocenters. The molecule has 0 saturated carbocycles. The lowest BCUT2D eigenvalue weighted by molar-refractivity contribution is 0.653. The van der Waals surface area contributed by atoms with Crippen molar-refractivity contribution in [2.75, 3.05) is 4.90 Å². The van der Waals surface area contributed by atoms with E-state index in [1.165, 1.54) is 82.2 Å². The Labute approximate surface area is 326 Å². The van der Waals surface area contributed by atoms with Crippen LogP contribution in [0.5, 0.6) is 0 Å². The maximum Gasteiger partial charge on any atom is 0.143 e. The van der Waals surface area contributed by atoms with Gasteiger partial charge < -0.3 is 9.32 Å². The second-order valence-electron chi connectivity index (χ2n) is 16.9. The van der Waals surface area contributed by atoms with E-state index in [1.807, 2.05) is 0 Å². The molecule has 9 aromatic carbocycles. The van der Waals surface area contributed by atoms with E-state index in [0.717, 1.165) is 33.6 Å². The van der Waals surface area contributed by atoms with E-state index in [1.54, 1.807) is 0 Å². The highest BCUT2D eigenvalue weighted by molar-refractivity contribution is 6.26. The quantitative estimate of drug-likeness (QED) is 0.169. The molecular weight excluding hydrogens is 679 g/mol. The SMILES string of the molecule is CC1(C)c2ccccc2-c2ccc(N(c3ccc4c(c3)-c3c(ccc5c3oc3ccccc35)C4(C)C)c3ccc4c5ccccc5c5ccccc5c4c3)cc21. The van der Waals surface area contributed by atoms with Crippen LogP contribution >= 0.6 is 0 Å². The Kier molecular flexibility index (Phi) is 6.22. The molecule has 266 valence electrons. The number of nitrogens with zero attached hydrogens (tertiary/aromatic N) is 1. The van der Waals surface area contributed by atoms with E-state index in [2.05, 4.69) is 196 Å². The van der Waals surface area contributed by atoms with E-state index in [9.17, 15) is 0 Å². The number of hydrogen-bond donors (Lipinski definition) is 0. The standard InChI is InChI=1S/C54H39NO/c1-53(2)47-27-23-33(30-45(47)51-48(53)28-26-43-42-18-10-12-20-50(42)56-52(43)51)55(34-22-25-41-40-17-9-11-19-46(40)54(3,4)49(41)31-34)32-21-24-39-37-15-6-5-13-35(37)36-14-7-8-16-38(36)44(39)29-32/h5-31H,1-4H3. The fourth-order valence-electron chi connectivity index (χ4n) is 10.5. The first-order valence-corrected chi connectivity index (χ1v) is 19.8. The van der Waals surface area contributed by atoms with Crippen molar-refractivity contribution in [2.24, 2.45) is 0 Å². The van der Waals surface area contributed by atoms with Gasteiger partial charge in [0.05, 0.1) is 0 Å². The zero-order valence-corrected chi connectivity index (χ0v) is 31.9. The minimum Gasteiger partial charge on any atom is -0.455 e. The molecule has 0 unspecified atom stereocenters. The molecule has 0 bridgehead atoms. The highest BCUT2D eigenvalue weighted by Gasteiger charge is 2.39. The number of para-hydroxylation sites is 1. The van der Waals surface area contributed by atoms with Crippen molar-refractivity contribution in [3.63, 3.8) is 0 Å². The summed E-state index contributed by atoms with van der Waals surface area (Å²) in [6, 6.07) is 60.9.